The molecule has 2 rings (SSSR count). The van der Waals surface area contributed by atoms with Gasteiger partial charge in [0.25, 0.3) is 0 Å². The van der Waals surface area contributed by atoms with E-state index < -0.39 is 0 Å². The lowest BCUT2D eigenvalue weighted by Gasteiger charge is -2.09. The fourth-order valence-corrected chi connectivity index (χ4v) is 3.01. The van der Waals surface area contributed by atoms with Crippen LogP contribution in [0, 0.1) is 13.8 Å². The van der Waals surface area contributed by atoms with E-state index in [4.69, 9.17) is 5.73 Å². The monoisotopic (exact) mass is 271 g/mol. The molecule has 19 heavy (non-hydrogen) atoms. The Labute approximate surface area is 120 Å². The van der Waals surface area contributed by atoms with Crippen LogP contribution in [0.4, 0.5) is 0 Å². The van der Waals surface area contributed by atoms with Gasteiger partial charge >= 0.3 is 0 Å². The Hall–Kier alpha value is -1.25. The number of rotatable bonds is 4. The third-order valence-electron chi connectivity index (χ3n) is 3.05. The van der Waals surface area contributed by atoms with Crippen molar-refractivity contribution in [3.63, 3.8) is 0 Å². The normalized spacial score (nSPS) is 12.4. The van der Waals surface area contributed by atoms with Crippen LogP contribution in [0.1, 0.15) is 23.6 Å². The summed E-state index contributed by atoms with van der Waals surface area (Å²) in [5.74, 6) is 0. The van der Waals surface area contributed by atoms with Gasteiger partial charge in [0.15, 0.2) is 0 Å². The smallest absolute Gasteiger partial charge is 0.0154 e. The predicted molar refractivity (Wildman–Crippen MR) is 83.8 cm³/mol. The molecule has 0 aliphatic heterocycles. The van der Waals surface area contributed by atoms with Gasteiger partial charge < -0.3 is 5.73 Å². The lowest BCUT2D eigenvalue weighted by molar-refractivity contribution is 0.737. The minimum Gasteiger partial charge on any atom is -0.328 e. The Morgan fingerprint density at radius 1 is 1.05 bits per heavy atom. The largest absolute Gasteiger partial charge is 0.328 e. The van der Waals surface area contributed by atoms with Gasteiger partial charge in [0, 0.05) is 15.8 Å². The van der Waals surface area contributed by atoms with E-state index in [-0.39, 0.29) is 6.04 Å². The van der Waals surface area contributed by atoms with Crippen LogP contribution in [0.2, 0.25) is 0 Å². The SMILES string of the molecule is Cc1ccc(C)c(Sc2ccc(CC(C)N)cc2)c1. The van der Waals surface area contributed by atoms with E-state index in [2.05, 4.69) is 56.3 Å². The average Bonchev–Trinajstić information content (AvgIpc) is 2.35. The summed E-state index contributed by atoms with van der Waals surface area (Å²) in [7, 11) is 0. The van der Waals surface area contributed by atoms with Crippen LogP contribution >= 0.6 is 11.8 Å². The van der Waals surface area contributed by atoms with Crippen LogP contribution in [0.5, 0.6) is 0 Å². The molecule has 0 saturated heterocycles. The summed E-state index contributed by atoms with van der Waals surface area (Å²) in [6.45, 7) is 6.33. The van der Waals surface area contributed by atoms with E-state index in [9.17, 15) is 0 Å². The van der Waals surface area contributed by atoms with E-state index in [0.29, 0.717) is 0 Å². The summed E-state index contributed by atoms with van der Waals surface area (Å²) in [6.07, 6.45) is 0.939. The molecule has 1 nitrogen and oxygen atoms in total. The van der Waals surface area contributed by atoms with E-state index in [0.717, 1.165) is 6.42 Å². The molecule has 1 atom stereocenters. The van der Waals surface area contributed by atoms with Crippen molar-refractivity contribution in [2.75, 3.05) is 0 Å². The van der Waals surface area contributed by atoms with Crippen molar-refractivity contribution in [3.05, 3.63) is 59.2 Å². The minimum absolute atomic E-state index is 0.220. The van der Waals surface area contributed by atoms with E-state index in [1.807, 2.05) is 18.7 Å². The van der Waals surface area contributed by atoms with Gasteiger partial charge in [-0.1, -0.05) is 36.0 Å². The van der Waals surface area contributed by atoms with E-state index in [1.54, 1.807) is 0 Å². The molecule has 2 heteroatoms. The molecule has 0 amide bonds. The molecule has 0 radical (unpaired) electrons. The fourth-order valence-electron chi connectivity index (χ4n) is 2.01. The zero-order chi connectivity index (χ0) is 13.8. The van der Waals surface area contributed by atoms with Crippen molar-refractivity contribution in [1.82, 2.24) is 0 Å². The standard InChI is InChI=1S/C17H21NS/c1-12-4-5-13(2)17(10-12)19-16-8-6-15(7-9-16)11-14(3)18/h4-10,14H,11,18H2,1-3H3. The maximum absolute atomic E-state index is 5.82. The van der Waals surface area contributed by atoms with Crippen molar-refractivity contribution < 1.29 is 0 Å². The Kier molecular flexibility index (Phi) is 4.67. The first kappa shape index (κ1) is 14.2. The number of benzene rings is 2. The highest BCUT2D eigenvalue weighted by Gasteiger charge is 2.03. The highest BCUT2D eigenvalue weighted by molar-refractivity contribution is 7.99. The molecule has 0 aliphatic rings. The number of hydrogen-bond donors (Lipinski definition) is 1. The quantitative estimate of drug-likeness (QED) is 0.895. The Balaban J connectivity index is 2.13. The second-order valence-corrected chi connectivity index (χ2v) is 6.31. The van der Waals surface area contributed by atoms with Gasteiger partial charge in [-0.25, -0.2) is 0 Å². The highest BCUT2D eigenvalue weighted by Crippen LogP contribution is 2.31. The van der Waals surface area contributed by atoms with Crippen molar-refractivity contribution >= 4 is 11.8 Å². The molecule has 0 aromatic heterocycles. The van der Waals surface area contributed by atoms with Gasteiger partial charge in [-0.3, -0.25) is 0 Å². The molecule has 2 aromatic carbocycles. The first-order valence-electron chi connectivity index (χ1n) is 6.64. The lowest BCUT2D eigenvalue weighted by atomic mass is 10.1. The van der Waals surface area contributed by atoms with Gasteiger partial charge in [0.1, 0.15) is 0 Å². The van der Waals surface area contributed by atoms with Crippen LogP contribution in [-0.4, -0.2) is 6.04 Å². The second kappa shape index (κ2) is 6.27. The van der Waals surface area contributed by atoms with Crippen LogP contribution in [0.15, 0.2) is 52.3 Å². The summed E-state index contributed by atoms with van der Waals surface area (Å²) in [5, 5.41) is 0. The van der Waals surface area contributed by atoms with Gasteiger partial charge in [0.2, 0.25) is 0 Å². The average molecular weight is 271 g/mol. The summed E-state index contributed by atoms with van der Waals surface area (Å²) in [4.78, 5) is 2.61. The number of hydrogen-bond acceptors (Lipinski definition) is 2. The maximum atomic E-state index is 5.82. The minimum atomic E-state index is 0.220. The van der Waals surface area contributed by atoms with Crippen LogP contribution in [0.25, 0.3) is 0 Å². The molecule has 1 unspecified atom stereocenters. The predicted octanol–water partition coefficient (Wildman–Crippen LogP) is 4.34. The van der Waals surface area contributed by atoms with Crippen molar-refractivity contribution in [3.8, 4) is 0 Å². The first-order chi connectivity index (χ1) is 9.04. The van der Waals surface area contributed by atoms with Crippen molar-refractivity contribution in [2.45, 2.75) is 43.0 Å². The Morgan fingerprint density at radius 3 is 2.37 bits per heavy atom. The molecule has 0 saturated carbocycles. The molecule has 0 bridgehead atoms. The third-order valence-corrected chi connectivity index (χ3v) is 4.22. The summed E-state index contributed by atoms with van der Waals surface area (Å²) >= 11 is 1.82. The summed E-state index contributed by atoms with van der Waals surface area (Å²) in [5.41, 5.74) is 9.76. The molecule has 0 heterocycles. The van der Waals surface area contributed by atoms with E-state index in [1.165, 1.54) is 26.5 Å². The van der Waals surface area contributed by atoms with Gasteiger partial charge in [0.05, 0.1) is 0 Å². The summed E-state index contributed by atoms with van der Waals surface area (Å²) < 4.78 is 0. The first-order valence-corrected chi connectivity index (χ1v) is 7.46. The van der Waals surface area contributed by atoms with Crippen LogP contribution < -0.4 is 5.73 Å². The number of aryl methyl sites for hydroxylation is 2. The van der Waals surface area contributed by atoms with Crippen LogP contribution in [0.3, 0.4) is 0 Å². The van der Waals surface area contributed by atoms with Crippen molar-refractivity contribution in [2.24, 2.45) is 5.73 Å². The Morgan fingerprint density at radius 2 is 1.74 bits per heavy atom. The fraction of sp³-hybridized carbons (Fsp3) is 0.294. The summed E-state index contributed by atoms with van der Waals surface area (Å²) in [6, 6.07) is 15.5. The topological polar surface area (TPSA) is 26.0 Å². The molecule has 0 fully saturated rings. The van der Waals surface area contributed by atoms with Crippen molar-refractivity contribution in [1.29, 1.82) is 0 Å². The molecule has 2 aromatic rings. The van der Waals surface area contributed by atoms with Gasteiger partial charge in [-0.05, 0) is 62.1 Å². The molecule has 2 N–H and O–H groups in total. The zero-order valence-corrected chi connectivity index (χ0v) is 12.6. The Bertz CT molecular complexity index is 544. The van der Waals surface area contributed by atoms with Crippen LogP contribution in [-0.2, 0) is 6.42 Å². The molecular formula is C17H21NS. The molecule has 0 spiro atoms. The second-order valence-electron chi connectivity index (χ2n) is 5.20. The lowest BCUT2D eigenvalue weighted by Crippen LogP contribution is -2.17. The zero-order valence-electron chi connectivity index (χ0n) is 11.8. The number of nitrogens with two attached hydrogens (primary N) is 1. The van der Waals surface area contributed by atoms with Gasteiger partial charge in [-0.15, -0.1) is 0 Å². The maximum Gasteiger partial charge on any atom is 0.0154 e. The highest BCUT2D eigenvalue weighted by atomic mass is 32.2. The molecule has 0 aliphatic carbocycles. The van der Waals surface area contributed by atoms with Gasteiger partial charge in [-0.2, -0.15) is 0 Å². The third kappa shape index (κ3) is 4.12. The molecule has 100 valence electrons. The molecular weight excluding hydrogens is 250 g/mol. The van der Waals surface area contributed by atoms with E-state index >= 15 is 0 Å².